The second-order valence-corrected chi connectivity index (χ2v) is 4.06. The van der Waals surface area contributed by atoms with Crippen molar-refractivity contribution in [2.75, 3.05) is 0 Å². The highest BCUT2D eigenvalue weighted by atomic mass is 16.3. The Bertz CT molecular complexity index is 625. The van der Waals surface area contributed by atoms with Gasteiger partial charge in [-0.05, 0) is 35.4 Å². The van der Waals surface area contributed by atoms with Crippen molar-refractivity contribution in [1.29, 1.82) is 0 Å². The Kier molecular flexibility index (Phi) is 2.57. The van der Waals surface area contributed by atoms with E-state index < -0.39 is 0 Å². The Morgan fingerprint density at radius 2 is 1.44 bits per heavy atom. The summed E-state index contributed by atoms with van der Waals surface area (Å²) in [6.45, 7) is 0. The third-order valence-corrected chi connectivity index (χ3v) is 2.87. The summed E-state index contributed by atoms with van der Waals surface area (Å²) in [5.74, 6) is 0.286. The molecule has 3 nitrogen and oxygen atoms in total. The maximum atomic E-state index is 9.26. The van der Waals surface area contributed by atoms with E-state index in [9.17, 15) is 5.11 Å². The molecule has 0 amide bonds. The van der Waals surface area contributed by atoms with Crippen LogP contribution in [0.2, 0.25) is 0 Å². The Labute approximate surface area is 105 Å². The maximum Gasteiger partial charge on any atom is 0.115 e. The van der Waals surface area contributed by atoms with E-state index in [1.54, 1.807) is 24.7 Å². The number of phenols is 1. The van der Waals surface area contributed by atoms with Crippen molar-refractivity contribution in [3.05, 3.63) is 67.3 Å². The molecule has 0 spiro atoms. The van der Waals surface area contributed by atoms with Crippen molar-refractivity contribution in [2.45, 2.75) is 0 Å². The van der Waals surface area contributed by atoms with Crippen LogP contribution in [0, 0.1) is 0 Å². The van der Waals surface area contributed by atoms with Gasteiger partial charge in [0.2, 0.25) is 0 Å². The molecule has 3 heteroatoms. The van der Waals surface area contributed by atoms with Gasteiger partial charge in [0.05, 0.1) is 6.33 Å². The molecule has 0 bridgehead atoms. The van der Waals surface area contributed by atoms with Crippen molar-refractivity contribution in [3.8, 4) is 22.6 Å². The van der Waals surface area contributed by atoms with Crippen molar-refractivity contribution in [3.63, 3.8) is 0 Å². The largest absolute Gasteiger partial charge is 0.508 e. The first-order chi connectivity index (χ1) is 8.83. The molecule has 0 aliphatic carbocycles. The number of phenolic OH excluding ortho intramolecular Hbond substituents is 1. The molecule has 1 heterocycles. The average molecular weight is 236 g/mol. The van der Waals surface area contributed by atoms with E-state index in [0.717, 1.165) is 16.8 Å². The zero-order chi connectivity index (χ0) is 12.4. The minimum Gasteiger partial charge on any atom is -0.508 e. The lowest BCUT2D eigenvalue weighted by atomic mass is 10.1. The third kappa shape index (κ3) is 1.98. The second-order valence-electron chi connectivity index (χ2n) is 4.06. The van der Waals surface area contributed by atoms with Gasteiger partial charge in [0.25, 0.3) is 0 Å². The van der Waals surface area contributed by atoms with Gasteiger partial charge >= 0.3 is 0 Å². The highest BCUT2D eigenvalue weighted by Crippen LogP contribution is 2.22. The van der Waals surface area contributed by atoms with Crippen molar-refractivity contribution in [1.82, 2.24) is 9.55 Å². The van der Waals surface area contributed by atoms with Crippen LogP contribution in [0.25, 0.3) is 16.8 Å². The number of imidazole rings is 1. The van der Waals surface area contributed by atoms with Gasteiger partial charge in [-0.2, -0.15) is 0 Å². The van der Waals surface area contributed by atoms with Gasteiger partial charge in [0.1, 0.15) is 5.75 Å². The molecule has 18 heavy (non-hydrogen) atoms. The number of rotatable bonds is 2. The molecule has 1 N–H and O–H groups in total. The first-order valence-electron chi connectivity index (χ1n) is 5.71. The fourth-order valence-corrected chi connectivity index (χ4v) is 1.89. The minimum atomic E-state index is 0.286. The first-order valence-corrected chi connectivity index (χ1v) is 5.71. The Balaban J connectivity index is 1.94. The number of aromatic hydroxyl groups is 1. The summed E-state index contributed by atoms with van der Waals surface area (Å²) in [7, 11) is 0. The van der Waals surface area contributed by atoms with Crippen LogP contribution in [0.5, 0.6) is 5.75 Å². The van der Waals surface area contributed by atoms with Crippen molar-refractivity contribution >= 4 is 0 Å². The summed E-state index contributed by atoms with van der Waals surface area (Å²) in [4.78, 5) is 4.02. The standard InChI is InChI=1S/C15H12N2O/c18-15-7-3-13(4-8-15)12-1-5-14(6-2-12)17-10-9-16-11-17/h1-11,18H. The monoisotopic (exact) mass is 236 g/mol. The number of hydrogen-bond donors (Lipinski definition) is 1. The molecule has 2 aromatic carbocycles. The van der Waals surface area contributed by atoms with E-state index in [-0.39, 0.29) is 5.75 Å². The lowest BCUT2D eigenvalue weighted by Gasteiger charge is -2.05. The van der Waals surface area contributed by atoms with Crippen molar-refractivity contribution < 1.29 is 5.11 Å². The van der Waals surface area contributed by atoms with Crippen LogP contribution in [-0.4, -0.2) is 14.7 Å². The molecular weight excluding hydrogens is 224 g/mol. The molecule has 0 radical (unpaired) electrons. The lowest BCUT2D eigenvalue weighted by Crippen LogP contribution is -1.89. The summed E-state index contributed by atoms with van der Waals surface area (Å²) in [5, 5.41) is 9.26. The number of benzene rings is 2. The van der Waals surface area contributed by atoms with E-state index in [1.807, 2.05) is 35.0 Å². The van der Waals surface area contributed by atoms with Crippen LogP contribution in [-0.2, 0) is 0 Å². The molecule has 3 aromatic rings. The average Bonchev–Trinajstić information content (AvgIpc) is 2.94. The molecule has 88 valence electrons. The zero-order valence-corrected chi connectivity index (χ0v) is 9.69. The zero-order valence-electron chi connectivity index (χ0n) is 9.69. The maximum absolute atomic E-state index is 9.26. The highest BCUT2D eigenvalue weighted by Gasteiger charge is 1.99. The van der Waals surface area contributed by atoms with E-state index in [0.29, 0.717) is 0 Å². The van der Waals surface area contributed by atoms with E-state index >= 15 is 0 Å². The van der Waals surface area contributed by atoms with Crippen molar-refractivity contribution in [2.24, 2.45) is 0 Å². The molecule has 0 aliphatic heterocycles. The fourth-order valence-electron chi connectivity index (χ4n) is 1.89. The Morgan fingerprint density at radius 3 is 2.00 bits per heavy atom. The third-order valence-electron chi connectivity index (χ3n) is 2.87. The van der Waals surface area contributed by atoms with Gasteiger partial charge < -0.3 is 9.67 Å². The SMILES string of the molecule is Oc1ccc(-c2ccc(-n3ccnc3)cc2)cc1. The highest BCUT2D eigenvalue weighted by molar-refractivity contribution is 5.65. The van der Waals surface area contributed by atoms with Crippen LogP contribution in [0.1, 0.15) is 0 Å². The predicted molar refractivity (Wildman–Crippen MR) is 70.7 cm³/mol. The van der Waals surface area contributed by atoms with Gasteiger partial charge in [-0.15, -0.1) is 0 Å². The Morgan fingerprint density at radius 1 is 0.833 bits per heavy atom. The summed E-state index contributed by atoms with van der Waals surface area (Å²) in [6, 6.07) is 15.4. The number of hydrogen-bond acceptors (Lipinski definition) is 2. The molecule has 0 fully saturated rings. The van der Waals surface area contributed by atoms with Crippen LogP contribution in [0.3, 0.4) is 0 Å². The summed E-state index contributed by atoms with van der Waals surface area (Å²) < 4.78 is 1.96. The van der Waals surface area contributed by atoms with Crippen LogP contribution in [0.15, 0.2) is 67.3 Å². The molecule has 0 unspecified atom stereocenters. The van der Waals surface area contributed by atoms with E-state index in [4.69, 9.17) is 0 Å². The molecule has 0 atom stereocenters. The molecule has 1 aromatic heterocycles. The summed E-state index contributed by atoms with van der Waals surface area (Å²) in [6.07, 6.45) is 5.44. The normalized spacial score (nSPS) is 10.4. The van der Waals surface area contributed by atoms with E-state index in [2.05, 4.69) is 17.1 Å². The van der Waals surface area contributed by atoms with Gasteiger partial charge in [-0.3, -0.25) is 0 Å². The Hall–Kier alpha value is -2.55. The summed E-state index contributed by atoms with van der Waals surface area (Å²) >= 11 is 0. The number of aromatic nitrogens is 2. The van der Waals surface area contributed by atoms with Gasteiger partial charge in [0.15, 0.2) is 0 Å². The summed E-state index contributed by atoms with van der Waals surface area (Å²) in [5.41, 5.74) is 3.29. The molecular formula is C15H12N2O. The van der Waals surface area contributed by atoms with E-state index in [1.165, 1.54) is 0 Å². The first kappa shape index (κ1) is 10.6. The molecule has 3 rings (SSSR count). The smallest absolute Gasteiger partial charge is 0.115 e. The fraction of sp³-hybridized carbons (Fsp3) is 0. The number of nitrogens with zero attached hydrogens (tertiary/aromatic N) is 2. The molecule has 0 saturated heterocycles. The van der Waals surface area contributed by atoms with Crippen LogP contribution < -0.4 is 0 Å². The van der Waals surface area contributed by atoms with Gasteiger partial charge in [0, 0.05) is 18.1 Å². The van der Waals surface area contributed by atoms with Crippen LogP contribution in [0.4, 0.5) is 0 Å². The topological polar surface area (TPSA) is 38.0 Å². The molecule has 0 aliphatic rings. The lowest BCUT2D eigenvalue weighted by molar-refractivity contribution is 0.475. The minimum absolute atomic E-state index is 0.286. The second kappa shape index (κ2) is 4.37. The van der Waals surface area contributed by atoms with Crippen LogP contribution >= 0.6 is 0 Å². The quantitative estimate of drug-likeness (QED) is 0.741. The van der Waals surface area contributed by atoms with Gasteiger partial charge in [-0.1, -0.05) is 24.3 Å². The predicted octanol–water partition coefficient (Wildman–Crippen LogP) is 3.24. The van der Waals surface area contributed by atoms with Gasteiger partial charge in [-0.25, -0.2) is 4.98 Å². The molecule has 0 saturated carbocycles.